The molecule has 0 spiro atoms. The average molecular weight is 279 g/mol. The number of carbonyl (C=O) groups excluding carboxylic acids is 1. The summed E-state index contributed by atoms with van der Waals surface area (Å²) in [6.07, 6.45) is 6.31. The molecule has 1 amide bonds. The standard InChI is InChI=1S/C14H21N3OS/c1-2-11-5-3-4-8-17(11)14(18)10-19-12-6-7-13(15)16-9-12/h6-7,9,11H,2-5,8,10H2,1H3,(H2,15,16). The van der Waals surface area contributed by atoms with Gasteiger partial charge in [0.1, 0.15) is 5.82 Å². The molecule has 5 heteroatoms. The maximum Gasteiger partial charge on any atom is 0.233 e. The molecule has 1 aliphatic heterocycles. The molecule has 0 aromatic carbocycles. The zero-order chi connectivity index (χ0) is 13.7. The van der Waals surface area contributed by atoms with Crippen molar-refractivity contribution in [2.24, 2.45) is 0 Å². The van der Waals surface area contributed by atoms with E-state index in [0.717, 1.165) is 30.7 Å². The van der Waals surface area contributed by atoms with Crippen LogP contribution in [0.15, 0.2) is 23.2 Å². The lowest BCUT2D eigenvalue weighted by Crippen LogP contribution is -2.44. The Bertz CT molecular complexity index is 421. The zero-order valence-corrected chi connectivity index (χ0v) is 12.2. The van der Waals surface area contributed by atoms with Crippen molar-refractivity contribution in [3.63, 3.8) is 0 Å². The molecule has 1 aromatic rings. The van der Waals surface area contributed by atoms with Crippen LogP contribution in [0.1, 0.15) is 32.6 Å². The van der Waals surface area contributed by atoms with Gasteiger partial charge in [0.25, 0.3) is 0 Å². The van der Waals surface area contributed by atoms with Gasteiger partial charge in [-0.05, 0) is 37.8 Å². The number of hydrogen-bond acceptors (Lipinski definition) is 4. The molecule has 0 bridgehead atoms. The molecule has 19 heavy (non-hydrogen) atoms. The number of pyridine rings is 1. The molecule has 0 saturated carbocycles. The lowest BCUT2D eigenvalue weighted by molar-refractivity contribution is -0.132. The summed E-state index contributed by atoms with van der Waals surface area (Å²) in [5.41, 5.74) is 5.54. The summed E-state index contributed by atoms with van der Waals surface area (Å²) in [7, 11) is 0. The van der Waals surface area contributed by atoms with E-state index < -0.39 is 0 Å². The summed E-state index contributed by atoms with van der Waals surface area (Å²) < 4.78 is 0. The predicted molar refractivity (Wildman–Crippen MR) is 79.0 cm³/mol. The Labute approximate surface area is 118 Å². The minimum absolute atomic E-state index is 0.244. The molecule has 1 saturated heterocycles. The first-order valence-corrected chi connectivity index (χ1v) is 7.83. The van der Waals surface area contributed by atoms with Crippen LogP contribution in [0.3, 0.4) is 0 Å². The van der Waals surface area contributed by atoms with Crippen molar-refractivity contribution in [2.75, 3.05) is 18.0 Å². The maximum atomic E-state index is 12.3. The first kappa shape index (κ1) is 14.2. The summed E-state index contributed by atoms with van der Waals surface area (Å²) in [6, 6.07) is 4.11. The van der Waals surface area contributed by atoms with E-state index in [-0.39, 0.29) is 5.91 Å². The minimum Gasteiger partial charge on any atom is -0.384 e. The molecule has 1 aromatic heterocycles. The Morgan fingerprint density at radius 2 is 2.37 bits per heavy atom. The maximum absolute atomic E-state index is 12.3. The van der Waals surface area contributed by atoms with Gasteiger partial charge in [-0.3, -0.25) is 4.79 Å². The lowest BCUT2D eigenvalue weighted by atomic mass is 10.0. The Hall–Kier alpha value is -1.23. The van der Waals surface area contributed by atoms with E-state index in [1.807, 2.05) is 6.07 Å². The molecule has 1 fully saturated rings. The first-order valence-electron chi connectivity index (χ1n) is 6.84. The van der Waals surface area contributed by atoms with Gasteiger partial charge in [-0.1, -0.05) is 6.92 Å². The molecule has 1 aliphatic rings. The second-order valence-electron chi connectivity index (χ2n) is 4.85. The third-order valence-electron chi connectivity index (χ3n) is 3.54. The van der Waals surface area contributed by atoms with Crippen molar-refractivity contribution in [2.45, 2.75) is 43.5 Å². The highest BCUT2D eigenvalue weighted by atomic mass is 32.2. The van der Waals surface area contributed by atoms with Gasteiger partial charge in [0.15, 0.2) is 0 Å². The Morgan fingerprint density at radius 1 is 1.53 bits per heavy atom. The van der Waals surface area contributed by atoms with Crippen molar-refractivity contribution in [3.05, 3.63) is 18.3 Å². The van der Waals surface area contributed by atoms with Crippen LogP contribution in [0, 0.1) is 0 Å². The van der Waals surface area contributed by atoms with Crippen LogP contribution in [-0.2, 0) is 4.79 Å². The quantitative estimate of drug-likeness (QED) is 0.861. The summed E-state index contributed by atoms with van der Waals surface area (Å²) in [5.74, 6) is 1.24. The normalized spacial score (nSPS) is 19.4. The number of aromatic nitrogens is 1. The Balaban J connectivity index is 1.87. The van der Waals surface area contributed by atoms with Crippen LogP contribution in [0.4, 0.5) is 5.82 Å². The van der Waals surface area contributed by atoms with E-state index in [2.05, 4.69) is 16.8 Å². The van der Waals surface area contributed by atoms with E-state index in [1.165, 1.54) is 18.2 Å². The van der Waals surface area contributed by atoms with Gasteiger partial charge in [-0.25, -0.2) is 4.98 Å². The van der Waals surface area contributed by atoms with Gasteiger partial charge in [-0.15, -0.1) is 11.8 Å². The van der Waals surface area contributed by atoms with Crippen LogP contribution in [0.25, 0.3) is 0 Å². The largest absolute Gasteiger partial charge is 0.384 e. The Kier molecular flexibility index (Phi) is 5.07. The lowest BCUT2D eigenvalue weighted by Gasteiger charge is -2.35. The fraction of sp³-hybridized carbons (Fsp3) is 0.571. The fourth-order valence-corrected chi connectivity index (χ4v) is 3.21. The topological polar surface area (TPSA) is 59.2 Å². The molecule has 4 nitrogen and oxygen atoms in total. The molecule has 0 radical (unpaired) electrons. The van der Waals surface area contributed by atoms with Gasteiger partial charge in [0.05, 0.1) is 5.75 Å². The number of carbonyl (C=O) groups is 1. The molecule has 104 valence electrons. The fourth-order valence-electron chi connectivity index (χ4n) is 2.46. The number of amides is 1. The van der Waals surface area contributed by atoms with Gasteiger partial charge in [-0.2, -0.15) is 0 Å². The van der Waals surface area contributed by atoms with E-state index >= 15 is 0 Å². The number of rotatable bonds is 4. The highest BCUT2D eigenvalue weighted by Gasteiger charge is 2.24. The van der Waals surface area contributed by atoms with Crippen LogP contribution >= 0.6 is 11.8 Å². The van der Waals surface area contributed by atoms with E-state index in [1.54, 1.807) is 12.3 Å². The molecule has 0 aliphatic carbocycles. The van der Waals surface area contributed by atoms with Gasteiger partial charge >= 0.3 is 0 Å². The van der Waals surface area contributed by atoms with E-state index in [9.17, 15) is 4.79 Å². The summed E-state index contributed by atoms with van der Waals surface area (Å²) in [4.78, 5) is 19.4. The minimum atomic E-state index is 0.244. The van der Waals surface area contributed by atoms with E-state index in [0.29, 0.717) is 17.6 Å². The van der Waals surface area contributed by atoms with Crippen LogP contribution in [-0.4, -0.2) is 34.1 Å². The SMILES string of the molecule is CCC1CCCCN1C(=O)CSc1ccc(N)nc1. The molecular formula is C14H21N3OS. The molecule has 1 unspecified atom stereocenters. The number of hydrogen-bond donors (Lipinski definition) is 1. The predicted octanol–water partition coefficient (Wildman–Crippen LogP) is 2.55. The molecule has 2 N–H and O–H groups in total. The number of nitrogens with two attached hydrogens (primary N) is 1. The number of piperidine rings is 1. The highest BCUT2D eigenvalue weighted by Crippen LogP contribution is 2.23. The van der Waals surface area contributed by atoms with Crippen molar-refractivity contribution < 1.29 is 4.79 Å². The van der Waals surface area contributed by atoms with Gasteiger partial charge < -0.3 is 10.6 Å². The summed E-state index contributed by atoms with van der Waals surface area (Å²) >= 11 is 1.53. The van der Waals surface area contributed by atoms with Gasteiger partial charge in [0.2, 0.25) is 5.91 Å². The smallest absolute Gasteiger partial charge is 0.233 e. The number of thioether (sulfide) groups is 1. The third kappa shape index (κ3) is 3.86. The van der Waals surface area contributed by atoms with Crippen molar-refractivity contribution >= 4 is 23.5 Å². The third-order valence-corrected chi connectivity index (χ3v) is 4.51. The van der Waals surface area contributed by atoms with Crippen LogP contribution < -0.4 is 5.73 Å². The van der Waals surface area contributed by atoms with Gasteiger partial charge in [0, 0.05) is 23.7 Å². The number of likely N-dealkylation sites (tertiary alicyclic amines) is 1. The van der Waals surface area contributed by atoms with Crippen molar-refractivity contribution in [1.29, 1.82) is 0 Å². The highest BCUT2D eigenvalue weighted by molar-refractivity contribution is 8.00. The molecule has 2 rings (SSSR count). The summed E-state index contributed by atoms with van der Waals surface area (Å²) in [5, 5.41) is 0. The molecular weight excluding hydrogens is 258 g/mol. The van der Waals surface area contributed by atoms with Crippen molar-refractivity contribution in [3.8, 4) is 0 Å². The second-order valence-corrected chi connectivity index (χ2v) is 5.90. The summed E-state index contributed by atoms with van der Waals surface area (Å²) in [6.45, 7) is 3.07. The second kappa shape index (κ2) is 6.80. The monoisotopic (exact) mass is 279 g/mol. The number of nitrogens with zero attached hydrogens (tertiary/aromatic N) is 2. The Morgan fingerprint density at radius 3 is 3.05 bits per heavy atom. The van der Waals surface area contributed by atoms with Crippen molar-refractivity contribution in [1.82, 2.24) is 9.88 Å². The average Bonchev–Trinajstić information content (AvgIpc) is 2.46. The molecule has 1 atom stereocenters. The molecule has 2 heterocycles. The van der Waals surface area contributed by atoms with Crippen LogP contribution in [0.5, 0.6) is 0 Å². The van der Waals surface area contributed by atoms with E-state index in [4.69, 9.17) is 5.73 Å². The van der Waals surface area contributed by atoms with Crippen LogP contribution in [0.2, 0.25) is 0 Å². The zero-order valence-electron chi connectivity index (χ0n) is 11.3. The number of anilines is 1. The number of nitrogen functional groups attached to an aromatic ring is 1. The first-order chi connectivity index (χ1) is 9.20.